The Morgan fingerprint density at radius 2 is 1.65 bits per heavy atom. The normalized spacial score (nSPS) is 26.2. The highest BCUT2D eigenvalue weighted by atomic mass is 16.3. The molecular formula is C15H15NO4. The molecule has 1 heterocycles. The Bertz CT molecular complexity index is 619. The van der Waals surface area contributed by atoms with Crippen molar-refractivity contribution in [2.24, 2.45) is 0 Å². The maximum Gasteiger partial charge on any atom is 0.234 e. The van der Waals surface area contributed by atoms with Gasteiger partial charge in [-0.05, 0) is 18.1 Å². The molecule has 2 N–H and O–H groups in total. The summed E-state index contributed by atoms with van der Waals surface area (Å²) < 4.78 is 0. The summed E-state index contributed by atoms with van der Waals surface area (Å²) in [5.74, 6) is -0.523. The summed E-state index contributed by atoms with van der Waals surface area (Å²) in [4.78, 5) is 25.1. The lowest BCUT2D eigenvalue weighted by molar-refractivity contribution is -0.134. The molecule has 0 bridgehead atoms. The van der Waals surface area contributed by atoms with Gasteiger partial charge in [-0.3, -0.25) is 9.59 Å². The number of carbonyl (C=O) groups is 2. The number of amides is 2. The smallest absolute Gasteiger partial charge is 0.234 e. The van der Waals surface area contributed by atoms with Crippen molar-refractivity contribution in [2.75, 3.05) is 0 Å². The summed E-state index contributed by atoms with van der Waals surface area (Å²) in [6, 6.07) is 6.98. The first-order chi connectivity index (χ1) is 9.52. The van der Waals surface area contributed by atoms with Crippen LogP contribution < -0.4 is 0 Å². The van der Waals surface area contributed by atoms with Gasteiger partial charge in [-0.2, -0.15) is 0 Å². The minimum atomic E-state index is -1.11. The van der Waals surface area contributed by atoms with E-state index in [0.717, 1.165) is 4.90 Å². The minimum absolute atomic E-state index is 0.191. The quantitative estimate of drug-likeness (QED) is 0.748. The predicted octanol–water partition coefficient (Wildman–Crippen LogP) is 0.974. The minimum Gasteiger partial charge on any atom is -0.386 e. The number of imide groups is 1. The third-order valence-electron chi connectivity index (χ3n) is 3.93. The molecule has 3 rings (SSSR count). The van der Waals surface area contributed by atoms with Crippen LogP contribution in [0.4, 0.5) is 0 Å². The Kier molecular flexibility index (Phi) is 2.96. The van der Waals surface area contributed by atoms with Crippen LogP contribution in [0, 0.1) is 0 Å². The molecule has 1 aromatic carbocycles. The molecule has 0 spiro atoms. The molecule has 1 saturated heterocycles. The van der Waals surface area contributed by atoms with Gasteiger partial charge < -0.3 is 10.2 Å². The van der Waals surface area contributed by atoms with Gasteiger partial charge in [0.1, 0.15) is 12.2 Å². The van der Waals surface area contributed by atoms with Crippen LogP contribution in [0.3, 0.4) is 0 Å². The predicted molar refractivity (Wildman–Crippen MR) is 71.1 cm³/mol. The maximum atomic E-state index is 12.0. The van der Waals surface area contributed by atoms with E-state index in [2.05, 4.69) is 0 Å². The monoisotopic (exact) mass is 273 g/mol. The van der Waals surface area contributed by atoms with Gasteiger partial charge in [-0.1, -0.05) is 24.3 Å². The second kappa shape index (κ2) is 4.54. The number of hydrogen-bond donors (Lipinski definition) is 2. The fourth-order valence-electron chi connectivity index (χ4n) is 2.85. The first-order valence-electron chi connectivity index (χ1n) is 6.54. The van der Waals surface area contributed by atoms with E-state index in [1.165, 1.54) is 0 Å². The molecule has 2 aliphatic rings. The van der Waals surface area contributed by atoms with Crippen LogP contribution in [-0.4, -0.2) is 33.0 Å². The van der Waals surface area contributed by atoms with Gasteiger partial charge in [0.25, 0.3) is 0 Å². The lowest BCUT2D eigenvalue weighted by Crippen LogP contribution is -2.35. The summed E-state index contributed by atoms with van der Waals surface area (Å²) in [6.45, 7) is 1.64. The number of aliphatic hydroxyl groups excluding tert-OH is 2. The number of hydrogen-bond acceptors (Lipinski definition) is 4. The van der Waals surface area contributed by atoms with Crippen molar-refractivity contribution in [2.45, 2.75) is 32.0 Å². The molecule has 2 unspecified atom stereocenters. The molecule has 0 aromatic heterocycles. The molecule has 5 nitrogen and oxygen atoms in total. The summed E-state index contributed by atoms with van der Waals surface area (Å²) in [5, 5.41) is 20.3. The summed E-state index contributed by atoms with van der Waals surface area (Å²) >= 11 is 0. The lowest BCUT2D eigenvalue weighted by Gasteiger charge is -2.33. The lowest BCUT2D eigenvalue weighted by atomic mass is 9.85. The first-order valence-corrected chi connectivity index (χ1v) is 6.54. The Balaban J connectivity index is 2.22. The van der Waals surface area contributed by atoms with Crippen LogP contribution in [0.1, 0.15) is 37.0 Å². The molecule has 0 saturated carbocycles. The number of likely N-dealkylation sites (tertiary alicyclic amines) is 1. The fourth-order valence-corrected chi connectivity index (χ4v) is 2.85. The summed E-state index contributed by atoms with van der Waals surface area (Å²) in [7, 11) is 0. The SMILES string of the molecule is CC1=C(N2C(=O)CCC2=O)c2ccccc2C(O)C1O. The zero-order valence-corrected chi connectivity index (χ0v) is 11.0. The van der Waals surface area contributed by atoms with E-state index in [0.29, 0.717) is 22.4 Å². The van der Waals surface area contributed by atoms with Crippen LogP contribution in [0.5, 0.6) is 0 Å². The molecule has 1 aliphatic carbocycles. The molecule has 104 valence electrons. The van der Waals surface area contributed by atoms with Gasteiger partial charge in [0.2, 0.25) is 11.8 Å². The van der Waals surface area contributed by atoms with Crippen LogP contribution in [0.15, 0.2) is 29.8 Å². The van der Waals surface area contributed by atoms with Crippen LogP contribution in [-0.2, 0) is 9.59 Å². The number of benzene rings is 1. The number of nitrogens with zero attached hydrogens (tertiary/aromatic N) is 1. The van der Waals surface area contributed by atoms with Crippen molar-refractivity contribution in [3.8, 4) is 0 Å². The summed E-state index contributed by atoms with van der Waals surface area (Å²) in [5.41, 5.74) is 2.03. The highest BCUT2D eigenvalue weighted by molar-refractivity contribution is 6.10. The standard InChI is InChI=1S/C15H15NO4/c1-8-13(16-11(17)6-7-12(16)18)9-4-2-3-5-10(9)15(20)14(8)19/h2-5,14-15,19-20H,6-7H2,1H3. The third-order valence-corrected chi connectivity index (χ3v) is 3.93. The van der Waals surface area contributed by atoms with Crippen LogP contribution in [0.2, 0.25) is 0 Å². The second-order valence-electron chi connectivity index (χ2n) is 5.13. The Morgan fingerprint density at radius 3 is 2.30 bits per heavy atom. The van der Waals surface area contributed by atoms with Crippen molar-refractivity contribution in [1.82, 2.24) is 4.90 Å². The maximum absolute atomic E-state index is 12.0. The Morgan fingerprint density at radius 1 is 1.05 bits per heavy atom. The second-order valence-corrected chi connectivity index (χ2v) is 5.13. The number of aliphatic hydroxyl groups is 2. The average molecular weight is 273 g/mol. The van der Waals surface area contributed by atoms with Crippen molar-refractivity contribution < 1.29 is 19.8 Å². The van der Waals surface area contributed by atoms with Crippen molar-refractivity contribution in [3.05, 3.63) is 41.0 Å². The van der Waals surface area contributed by atoms with Gasteiger partial charge in [-0.25, -0.2) is 4.90 Å². The van der Waals surface area contributed by atoms with Gasteiger partial charge in [0, 0.05) is 18.4 Å². The van der Waals surface area contributed by atoms with E-state index < -0.39 is 12.2 Å². The van der Waals surface area contributed by atoms with Gasteiger partial charge in [0.15, 0.2) is 0 Å². The highest BCUT2D eigenvalue weighted by Gasteiger charge is 2.39. The molecule has 1 fully saturated rings. The molecule has 0 radical (unpaired) electrons. The largest absolute Gasteiger partial charge is 0.386 e. The van der Waals surface area contributed by atoms with E-state index in [4.69, 9.17) is 0 Å². The van der Waals surface area contributed by atoms with Crippen molar-refractivity contribution in [3.63, 3.8) is 0 Å². The zero-order chi connectivity index (χ0) is 14.4. The molecule has 5 heteroatoms. The van der Waals surface area contributed by atoms with E-state index in [1.54, 1.807) is 31.2 Å². The average Bonchev–Trinajstić information content (AvgIpc) is 2.77. The molecule has 1 aromatic rings. The topological polar surface area (TPSA) is 77.8 Å². The first kappa shape index (κ1) is 13.0. The van der Waals surface area contributed by atoms with E-state index in [1.807, 2.05) is 0 Å². The van der Waals surface area contributed by atoms with Crippen molar-refractivity contribution >= 4 is 17.5 Å². The van der Waals surface area contributed by atoms with Crippen LogP contribution in [0.25, 0.3) is 5.70 Å². The number of carbonyl (C=O) groups excluding carboxylic acids is 2. The Hall–Kier alpha value is -1.98. The number of fused-ring (bicyclic) bond motifs is 1. The molecule has 2 amide bonds. The van der Waals surface area contributed by atoms with E-state index in [-0.39, 0.29) is 24.7 Å². The molecular weight excluding hydrogens is 258 g/mol. The third kappa shape index (κ3) is 1.71. The van der Waals surface area contributed by atoms with Gasteiger partial charge in [-0.15, -0.1) is 0 Å². The van der Waals surface area contributed by atoms with E-state index in [9.17, 15) is 19.8 Å². The van der Waals surface area contributed by atoms with Gasteiger partial charge >= 0.3 is 0 Å². The summed E-state index contributed by atoms with van der Waals surface area (Å²) in [6.07, 6.45) is -1.77. The molecule has 2 atom stereocenters. The van der Waals surface area contributed by atoms with E-state index >= 15 is 0 Å². The zero-order valence-electron chi connectivity index (χ0n) is 11.0. The highest BCUT2D eigenvalue weighted by Crippen LogP contribution is 2.40. The molecule has 1 aliphatic heterocycles. The number of rotatable bonds is 1. The van der Waals surface area contributed by atoms with Gasteiger partial charge in [0.05, 0.1) is 5.70 Å². The Labute approximate surface area is 116 Å². The fraction of sp³-hybridized carbons (Fsp3) is 0.333. The van der Waals surface area contributed by atoms with Crippen molar-refractivity contribution in [1.29, 1.82) is 0 Å². The van der Waals surface area contributed by atoms with Crippen LogP contribution >= 0.6 is 0 Å². The molecule has 20 heavy (non-hydrogen) atoms.